The van der Waals surface area contributed by atoms with Gasteiger partial charge in [-0.3, -0.25) is 19.4 Å². The van der Waals surface area contributed by atoms with Crippen LogP contribution in [-0.4, -0.2) is 77.5 Å². The number of nitrogens with two attached hydrogens (primary N) is 1. The van der Waals surface area contributed by atoms with Gasteiger partial charge in [0.2, 0.25) is 11.8 Å². The molecule has 2 heterocycles. The van der Waals surface area contributed by atoms with Gasteiger partial charge in [0.1, 0.15) is 17.7 Å². The highest BCUT2D eigenvalue weighted by atomic mass is 19.3. The molecule has 2 aliphatic rings. The van der Waals surface area contributed by atoms with Crippen LogP contribution in [0.1, 0.15) is 77.3 Å². The summed E-state index contributed by atoms with van der Waals surface area (Å²) in [6.07, 6.45) is 0.509. The number of likely N-dealkylation sites (tertiary alicyclic amines) is 2. The minimum Gasteiger partial charge on any atom is -0.444 e. The van der Waals surface area contributed by atoms with Crippen molar-refractivity contribution < 1.29 is 27.9 Å². The molecular weight excluding hydrogens is 506 g/mol. The van der Waals surface area contributed by atoms with Gasteiger partial charge in [0.05, 0.1) is 6.54 Å². The SMILES string of the molecule is C[C@@H]1CC[C@H](C)N(C(=O)OC(C)(C)C)[C@@H]1C(=O)N[C@@H](Cc1ccc(C2CCN(CC(F)F)CC2)cc1)C(N)=O. The van der Waals surface area contributed by atoms with E-state index < -0.39 is 42.0 Å². The quantitative estimate of drug-likeness (QED) is 0.508. The first-order chi connectivity index (χ1) is 18.2. The molecule has 0 saturated carbocycles. The highest BCUT2D eigenvalue weighted by Crippen LogP contribution is 2.31. The number of alkyl halides is 2. The lowest BCUT2D eigenvalue weighted by molar-refractivity contribution is -0.134. The molecule has 2 aliphatic heterocycles. The lowest BCUT2D eigenvalue weighted by atomic mass is 9.86. The molecule has 0 unspecified atom stereocenters. The Bertz CT molecular complexity index is 990. The van der Waals surface area contributed by atoms with E-state index in [-0.39, 0.29) is 24.9 Å². The van der Waals surface area contributed by atoms with Crippen molar-refractivity contribution >= 4 is 17.9 Å². The topological polar surface area (TPSA) is 105 Å². The van der Waals surface area contributed by atoms with E-state index in [0.717, 1.165) is 36.8 Å². The molecule has 0 spiro atoms. The molecule has 0 radical (unpaired) electrons. The smallest absolute Gasteiger partial charge is 0.411 e. The van der Waals surface area contributed by atoms with Gasteiger partial charge in [0.15, 0.2) is 0 Å². The average molecular weight is 551 g/mol. The van der Waals surface area contributed by atoms with Crippen LogP contribution in [-0.2, 0) is 20.7 Å². The molecule has 4 atom stereocenters. The first-order valence-corrected chi connectivity index (χ1v) is 14.0. The number of rotatable bonds is 8. The number of nitrogens with zero attached hydrogens (tertiary/aromatic N) is 2. The van der Waals surface area contributed by atoms with Crippen LogP contribution >= 0.6 is 0 Å². The van der Waals surface area contributed by atoms with Crippen LogP contribution in [0.3, 0.4) is 0 Å². The van der Waals surface area contributed by atoms with Crippen molar-refractivity contribution in [2.75, 3.05) is 19.6 Å². The maximum absolute atomic E-state index is 13.5. The normalized spacial score (nSPS) is 23.9. The van der Waals surface area contributed by atoms with Crippen LogP contribution in [0.5, 0.6) is 0 Å². The summed E-state index contributed by atoms with van der Waals surface area (Å²) in [5.74, 6) is -0.892. The third-order valence-electron chi connectivity index (χ3n) is 7.76. The standard InChI is InChI=1S/C29H44F2N4O4/c1-18-6-7-19(2)35(28(38)39-29(3,4)5)25(18)27(37)33-23(26(32)36)16-20-8-10-21(11-9-20)22-12-14-34(15-13-22)17-24(30)31/h8-11,18-19,22-25H,6-7,12-17H2,1-5H3,(H2,32,36)(H,33,37)/t18-,19+,23+,25+/m1/s1. The zero-order valence-electron chi connectivity index (χ0n) is 23.8. The largest absolute Gasteiger partial charge is 0.444 e. The van der Waals surface area contributed by atoms with Gasteiger partial charge < -0.3 is 15.8 Å². The third-order valence-corrected chi connectivity index (χ3v) is 7.76. The Morgan fingerprint density at radius 2 is 1.67 bits per heavy atom. The van der Waals surface area contributed by atoms with E-state index in [4.69, 9.17) is 10.5 Å². The lowest BCUT2D eigenvalue weighted by Crippen LogP contribution is -2.61. The monoisotopic (exact) mass is 550 g/mol. The van der Waals surface area contributed by atoms with Crippen molar-refractivity contribution in [1.82, 2.24) is 15.1 Å². The van der Waals surface area contributed by atoms with Crippen molar-refractivity contribution in [3.63, 3.8) is 0 Å². The second-order valence-corrected chi connectivity index (χ2v) is 12.1. The molecule has 0 bridgehead atoms. The van der Waals surface area contributed by atoms with Gasteiger partial charge in [0.25, 0.3) is 6.43 Å². The molecule has 218 valence electrons. The molecule has 0 aliphatic carbocycles. The van der Waals surface area contributed by atoms with Gasteiger partial charge in [-0.1, -0.05) is 31.2 Å². The van der Waals surface area contributed by atoms with Gasteiger partial charge in [-0.05, 0) is 89.4 Å². The molecule has 1 aromatic carbocycles. The van der Waals surface area contributed by atoms with Gasteiger partial charge in [-0.25, -0.2) is 13.6 Å². The van der Waals surface area contributed by atoms with Crippen LogP contribution in [0, 0.1) is 5.92 Å². The summed E-state index contributed by atoms with van der Waals surface area (Å²) in [7, 11) is 0. The van der Waals surface area contributed by atoms with Gasteiger partial charge in [-0.2, -0.15) is 0 Å². The fourth-order valence-corrected chi connectivity index (χ4v) is 5.63. The number of piperidine rings is 2. The van der Waals surface area contributed by atoms with Crippen LogP contribution in [0.2, 0.25) is 0 Å². The number of benzene rings is 1. The minimum atomic E-state index is -2.32. The Labute approximate surface area is 230 Å². The molecule has 8 nitrogen and oxygen atoms in total. The number of halogens is 2. The predicted octanol–water partition coefficient (Wildman–Crippen LogP) is 4.07. The average Bonchev–Trinajstić information content (AvgIpc) is 2.84. The number of primary amides is 1. The summed E-state index contributed by atoms with van der Waals surface area (Å²) >= 11 is 0. The zero-order valence-corrected chi connectivity index (χ0v) is 23.8. The summed E-state index contributed by atoms with van der Waals surface area (Å²) < 4.78 is 30.9. The van der Waals surface area contributed by atoms with Crippen molar-refractivity contribution in [3.05, 3.63) is 35.4 Å². The van der Waals surface area contributed by atoms with E-state index in [1.807, 2.05) is 38.1 Å². The van der Waals surface area contributed by atoms with Crippen LogP contribution in [0.25, 0.3) is 0 Å². The number of nitrogens with one attached hydrogen (secondary N) is 1. The highest BCUT2D eigenvalue weighted by Gasteiger charge is 2.43. The Hall–Kier alpha value is -2.75. The highest BCUT2D eigenvalue weighted by molar-refractivity contribution is 5.91. The molecule has 3 amide bonds. The van der Waals surface area contributed by atoms with Crippen LogP contribution in [0.4, 0.5) is 13.6 Å². The molecule has 39 heavy (non-hydrogen) atoms. The number of ether oxygens (including phenoxy) is 1. The minimum absolute atomic E-state index is 0.117. The molecule has 2 saturated heterocycles. The van der Waals surface area contributed by atoms with E-state index in [1.165, 1.54) is 4.90 Å². The second kappa shape index (κ2) is 13.1. The molecule has 10 heteroatoms. The first kappa shape index (κ1) is 30.8. The second-order valence-electron chi connectivity index (χ2n) is 12.1. The van der Waals surface area contributed by atoms with Crippen molar-refractivity contribution in [2.24, 2.45) is 11.7 Å². The van der Waals surface area contributed by atoms with E-state index in [0.29, 0.717) is 19.0 Å². The van der Waals surface area contributed by atoms with E-state index in [2.05, 4.69) is 5.32 Å². The third kappa shape index (κ3) is 8.62. The van der Waals surface area contributed by atoms with Gasteiger partial charge >= 0.3 is 6.09 Å². The van der Waals surface area contributed by atoms with Crippen LogP contribution < -0.4 is 11.1 Å². The number of hydrogen-bond acceptors (Lipinski definition) is 5. The summed E-state index contributed by atoms with van der Waals surface area (Å²) in [4.78, 5) is 42.1. The zero-order chi connectivity index (χ0) is 28.9. The fraction of sp³-hybridized carbons (Fsp3) is 0.690. The van der Waals surface area contributed by atoms with Crippen molar-refractivity contribution in [3.8, 4) is 0 Å². The summed E-state index contributed by atoms with van der Waals surface area (Å²) in [6, 6.07) is 5.93. The van der Waals surface area contributed by atoms with E-state index in [9.17, 15) is 23.2 Å². The molecule has 1 aromatic rings. The van der Waals surface area contributed by atoms with Gasteiger partial charge in [-0.15, -0.1) is 0 Å². The molecule has 0 aromatic heterocycles. The van der Waals surface area contributed by atoms with Crippen molar-refractivity contribution in [1.29, 1.82) is 0 Å². The van der Waals surface area contributed by atoms with E-state index in [1.54, 1.807) is 25.7 Å². The molecular formula is C29H44F2N4O4. The Morgan fingerprint density at radius 3 is 2.21 bits per heavy atom. The molecule has 3 rings (SSSR count). The Morgan fingerprint density at radius 1 is 1.05 bits per heavy atom. The number of carbonyl (C=O) groups excluding carboxylic acids is 3. The summed E-state index contributed by atoms with van der Waals surface area (Å²) in [6.45, 7) is 10.3. The molecule has 3 N–H and O–H groups in total. The molecule has 2 fully saturated rings. The van der Waals surface area contributed by atoms with Gasteiger partial charge in [0, 0.05) is 12.5 Å². The Balaban J connectivity index is 1.65. The lowest BCUT2D eigenvalue weighted by Gasteiger charge is -2.43. The maximum atomic E-state index is 13.5. The fourth-order valence-electron chi connectivity index (χ4n) is 5.63. The van der Waals surface area contributed by atoms with E-state index >= 15 is 0 Å². The maximum Gasteiger partial charge on any atom is 0.411 e. The van der Waals surface area contributed by atoms with Crippen molar-refractivity contribution in [2.45, 2.75) is 103 Å². The number of carbonyl (C=O) groups is 3. The summed E-state index contributed by atoms with van der Waals surface area (Å²) in [5, 5.41) is 2.80. The van der Waals surface area contributed by atoms with Crippen LogP contribution in [0.15, 0.2) is 24.3 Å². The number of amides is 3. The number of hydrogen-bond donors (Lipinski definition) is 2. The Kier molecular flexibility index (Phi) is 10.3. The predicted molar refractivity (Wildman–Crippen MR) is 145 cm³/mol. The summed E-state index contributed by atoms with van der Waals surface area (Å²) in [5.41, 5.74) is 6.95. The first-order valence-electron chi connectivity index (χ1n) is 14.0.